The second-order valence-corrected chi connectivity index (χ2v) is 8.66. The van der Waals surface area contributed by atoms with Gasteiger partial charge in [-0.25, -0.2) is 12.8 Å². The first-order valence-corrected chi connectivity index (χ1v) is 9.28. The second-order valence-electron chi connectivity index (χ2n) is 6.48. The summed E-state index contributed by atoms with van der Waals surface area (Å²) in [7, 11) is -2.92. The third-order valence-electron chi connectivity index (χ3n) is 4.74. The van der Waals surface area contributed by atoms with E-state index < -0.39 is 9.84 Å². The summed E-state index contributed by atoms with van der Waals surface area (Å²) in [6.45, 7) is 1.43. The Labute approximate surface area is 128 Å². The molecule has 2 fully saturated rings. The topological polar surface area (TPSA) is 63.4 Å². The fraction of sp³-hybridized carbons (Fsp3) is 0.533. The molecule has 0 radical (unpaired) electrons. The number of fused-ring (bicyclic) bond motifs is 1. The van der Waals surface area contributed by atoms with Gasteiger partial charge in [-0.2, -0.15) is 4.98 Å². The molecule has 118 valence electrons. The normalized spacial score (nSPS) is 27.8. The number of rotatable bonds is 1. The first kappa shape index (κ1) is 14.0. The van der Waals surface area contributed by atoms with Crippen LogP contribution in [0.5, 0.6) is 0 Å². The van der Waals surface area contributed by atoms with Gasteiger partial charge in [0.25, 0.3) is 6.01 Å². The van der Waals surface area contributed by atoms with Gasteiger partial charge in [0, 0.05) is 24.6 Å². The maximum Gasteiger partial charge on any atom is 0.298 e. The predicted molar refractivity (Wildman–Crippen MR) is 81.1 cm³/mol. The molecule has 5 nitrogen and oxygen atoms in total. The fourth-order valence-corrected chi connectivity index (χ4v) is 5.90. The van der Waals surface area contributed by atoms with E-state index in [1.807, 2.05) is 4.90 Å². The van der Waals surface area contributed by atoms with E-state index in [9.17, 15) is 12.8 Å². The molecule has 0 saturated carbocycles. The maximum atomic E-state index is 13.3. The Morgan fingerprint density at radius 2 is 2.18 bits per heavy atom. The molecule has 1 spiro atoms. The summed E-state index contributed by atoms with van der Waals surface area (Å²) in [5.74, 6) is 0.190. The van der Waals surface area contributed by atoms with Gasteiger partial charge in [-0.15, -0.1) is 0 Å². The van der Waals surface area contributed by atoms with Crippen LogP contribution < -0.4 is 4.90 Å². The number of halogens is 1. The predicted octanol–water partition coefficient (Wildman–Crippen LogP) is 2.37. The minimum Gasteiger partial charge on any atom is -0.423 e. The van der Waals surface area contributed by atoms with Crippen molar-refractivity contribution in [2.75, 3.05) is 29.5 Å². The smallest absolute Gasteiger partial charge is 0.298 e. The first-order chi connectivity index (χ1) is 10.4. The SMILES string of the molecule is O=S1(=O)CCC2(CCCN(c3nc4cc(F)ccc4o3)C2)C1. The highest BCUT2D eigenvalue weighted by Crippen LogP contribution is 2.41. The lowest BCUT2D eigenvalue weighted by molar-refractivity contribution is 0.263. The third kappa shape index (κ3) is 2.37. The van der Waals surface area contributed by atoms with Crippen LogP contribution in [0.25, 0.3) is 11.1 Å². The molecule has 0 bridgehead atoms. The molecular formula is C15H17FN2O3S. The Balaban J connectivity index is 1.64. The molecule has 3 heterocycles. The highest BCUT2D eigenvalue weighted by molar-refractivity contribution is 7.91. The van der Waals surface area contributed by atoms with E-state index in [1.54, 1.807) is 6.07 Å². The molecule has 2 aliphatic heterocycles. The lowest BCUT2D eigenvalue weighted by Gasteiger charge is -2.38. The lowest BCUT2D eigenvalue weighted by Crippen LogP contribution is -2.44. The van der Waals surface area contributed by atoms with Crippen molar-refractivity contribution >= 4 is 27.0 Å². The molecule has 22 heavy (non-hydrogen) atoms. The van der Waals surface area contributed by atoms with Gasteiger partial charge >= 0.3 is 0 Å². The molecule has 1 aromatic heterocycles. The van der Waals surface area contributed by atoms with Gasteiger partial charge in [0.2, 0.25) is 0 Å². The number of oxazole rings is 1. The molecule has 0 N–H and O–H groups in total. The monoisotopic (exact) mass is 324 g/mol. The molecule has 2 aliphatic rings. The third-order valence-corrected chi connectivity index (χ3v) is 6.62. The number of sulfone groups is 1. The summed E-state index contributed by atoms with van der Waals surface area (Å²) in [5.41, 5.74) is 0.868. The number of aromatic nitrogens is 1. The van der Waals surface area contributed by atoms with Crippen molar-refractivity contribution in [2.45, 2.75) is 19.3 Å². The van der Waals surface area contributed by atoms with Crippen LogP contribution in [0.2, 0.25) is 0 Å². The zero-order chi connectivity index (χ0) is 15.4. The molecule has 0 amide bonds. The quantitative estimate of drug-likeness (QED) is 0.806. The van der Waals surface area contributed by atoms with Gasteiger partial charge in [-0.05, 0) is 31.4 Å². The first-order valence-electron chi connectivity index (χ1n) is 7.46. The van der Waals surface area contributed by atoms with Crippen LogP contribution in [0.15, 0.2) is 22.6 Å². The van der Waals surface area contributed by atoms with Crippen molar-refractivity contribution in [2.24, 2.45) is 5.41 Å². The number of benzene rings is 1. The maximum absolute atomic E-state index is 13.3. The zero-order valence-electron chi connectivity index (χ0n) is 12.1. The fourth-order valence-electron chi connectivity index (χ4n) is 3.70. The van der Waals surface area contributed by atoms with Gasteiger partial charge < -0.3 is 9.32 Å². The van der Waals surface area contributed by atoms with Crippen molar-refractivity contribution in [3.63, 3.8) is 0 Å². The Bertz CT molecular complexity index is 832. The standard InChI is InChI=1S/C15H17FN2O3S/c16-11-2-3-13-12(8-11)17-14(21-13)18-6-1-4-15(9-18)5-7-22(19,20)10-15/h2-3,8H,1,4-7,9-10H2. The van der Waals surface area contributed by atoms with E-state index in [1.165, 1.54) is 12.1 Å². The number of hydrogen-bond acceptors (Lipinski definition) is 5. The van der Waals surface area contributed by atoms with Crippen LogP contribution in [0.1, 0.15) is 19.3 Å². The van der Waals surface area contributed by atoms with Crippen LogP contribution >= 0.6 is 0 Å². The van der Waals surface area contributed by atoms with Gasteiger partial charge in [0.15, 0.2) is 15.4 Å². The Hall–Kier alpha value is -1.63. The largest absolute Gasteiger partial charge is 0.423 e. The second kappa shape index (κ2) is 4.68. The number of nitrogens with zero attached hydrogens (tertiary/aromatic N) is 2. The molecule has 1 atom stereocenters. The molecule has 2 aromatic rings. The van der Waals surface area contributed by atoms with Crippen molar-refractivity contribution in [1.82, 2.24) is 4.98 Å². The molecular weight excluding hydrogens is 307 g/mol. The molecule has 0 aliphatic carbocycles. The highest BCUT2D eigenvalue weighted by Gasteiger charge is 2.45. The summed E-state index contributed by atoms with van der Waals surface area (Å²) in [5, 5.41) is 0. The van der Waals surface area contributed by atoms with E-state index in [4.69, 9.17) is 4.42 Å². The van der Waals surface area contributed by atoms with Crippen molar-refractivity contribution < 1.29 is 17.2 Å². The zero-order valence-corrected chi connectivity index (χ0v) is 12.9. The molecule has 4 rings (SSSR count). The average Bonchev–Trinajstić information content (AvgIpc) is 3.00. The molecule has 1 unspecified atom stereocenters. The van der Waals surface area contributed by atoms with Gasteiger partial charge in [0.1, 0.15) is 11.3 Å². The average molecular weight is 324 g/mol. The molecule has 2 saturated heterocycles. The van der Waals surface area contributed by atoms with Crippen molar-refractivity contribution in [3.05, 3.63) is 24.0 Å². The van der Waals surface area contributed by atoms with Crippen LogP contribution in [0.3, 0.4) is 0 Å². The van der Waals surface area contributed by atoms with E-state index in [0.29, 0.717) is 30.1 Å². The van der Waals surface area contributed by atoms with Gasteiger partial charge in [-0.3, -0.25) is 0 Å². The van der Waals surface area contributed by atoms with Crippen LogP contribution in [-0.4, -0.2) is 38.0 Å². The van der Waals surface area contributed by atoms with E-state index in [0.717, 1.165) is 19.4 Å². The van der Waals surface area contributed by atoms with Crippen molar-refractivity contribution in [3.8, 4) is 0 Å². The minimum atomic E-state index is -2.92. The van der Waals surface area contributed by atoms with Gasteiger partial charge in [-0.1, -0.05) is 0 Å². The summed E-state index contributed by atoms with van der Waals surface area (Å²) < 4.78 is 42.6. The van der Waals surface area contributed by atoms with Crippen LogP contribution in [-0.2, 0) is 9.84 Å². The summed E-state index contributed by atoms with van der Waals surface area (Å²) in [6.07, 6.45) is 2.56. The Morgan fingerprint density at radius 3 is 2.95 bits per heavy atom. The van der Waals surface area contributed by atoms with E-state index in [-0.39, 0.29) is 22.7 Å². The Morgan fingerprint density at radius 1 is 1.32 bits per heavy atom. The summed E-state index contributed by atoms with van der Waals surface area (Å²) in [6, 6.07) is 4.73. The summed E-state index contributed by atoms with van der Waals surface area (Å²) >= 11 is 0. The van der Waals surface area contributed by atoms with Crippen LogP contribution in [0, 0.1) is 11.2 Å². The Kier molecular flexibility index (Phi) is 2.98. The minimum absolute atomic E-state index is 0.178. The number of anilines is 1. The number of hydrogen-bond donors (Lipinski definition) is 0. The van der Waals surface area contributed by atoms with E-state index in [2.05, 4.69) is 4.98 Å². The van der Waals surface area contributed by atoms with Gasteiger partial charge in [0.05, 0.1) is 11.5 Å². The lowest BCUT2D eigenvalue weighted by atomic mass is 9.80. The molecule has 7 heteroatoms. The molecule has 1 aromatic carbocycles. The van der Waals surface area contributed by atoms with Crippen LogP contribution in [0.4, 0.5) is 10.4 Å². The van der Waals surface area contributed by atoms with E-state index >= 15 is 0 Å². The summed E-state index contributed by atoms with van der Waals surface area (Å²) in [4.78, 5) is 6.36. The van der Waals surface area contributed by atoms with Crippen molar-refractivity contribution in [1.29, 1.82) is 0 Å². The number of piperidine rings is 1. The highest BCUT2D eigenvalue weighted by atomic mass is 32.2.